The van der Waals surface area contributed by atoms with E-state index in [0.717, 1.165) is 29.2 Å². The normalized spacial score (nSPS) is 20.2. The van der Waals surface area contributed by atoms with Crippen LogP contribution in [0.2, 0.25) is 0 Å². The second-order valence-corrected chi connectivity index (χ2v) is 5.75. The second kappa shape index (κ2) is 5.69. The highest BCUT2D eigenvalue weighted by Crippen LogP contribution is 2.17. The lowest BCUT2D eigenvalue weighted by molar-refractivity contribution is 0.0971. The van der Waals surface area contributed by atoms with Gasteiger partial charge in [0.2, 0.25) is 0 Å². The van der Waals surface area contributed by atoms with Crippen LogP contribution in [0.1, 0.15) is 27.9 Å². The Morgan fingerprint density at radius 3 is 3.00 bits per heavy atom. The van der Waals surface area contributed by atoms with E-state index in [0.29, 0.717) is 12.5 Å². The predicted molar refractivity (Wildman–Crippen MR) is 74.0 cm³/mol. The molecule has 92 valence electrons. The van der Waals surface area contributed by atoms with E-state index in [4.69, 9.17) is 0 Å². The van der Waals surface area contributed by atoms with E-state index < -0.39 is 0 Å². The highest BCUT2D eigenvalue weighted by molar-refractivity contribution is 7.99. The summed E-state index contributed by atoms with van der Waals surface area (Å²) < 4.78 is 0. The Labute approximate surface area is 107 Å². The van der Waals surface area contributed by atoms with Crippen LogP contribution in [0.3, 0.4) is 0 Å². The Balaban J connectivity index is 2.06. The molecule has 0 bridgehead atoms. The minimum absolute atomic E-state index is 0.270. The van der Waals surface area contributed by atoms with Crippen LogP contribution in [0.25, 0.3) is 0 Å². The van der Waals surface area contributed by atoms with E-state index >= 15 is 0 Å². The SMILES string of the molecule is Cc1cccc(C(=O)CC2CSCCN2)c1C. The summed E-state index contributed by atoms with van der Waals surface area (Å²) in [7, 11) is 0. The van der Waals surface area contributed by atoms with Gasteiger partial charge in [0.25, 0.3) is 0 Å². The van der Waals surface area contributed by atoms with Crippen LogP contribution in [-0.2, 0) is 0 Å². The lowest BCUT2D eigenvalue weighted by atomic mass is 9.97. The van der Waals surface area contributed by atoms with Gasteiger partial charge in [-0.2, -0.15) is 11.8 Å². The monoisotopic (exact) mass is 249 g/mol. The Kier molecular flexibility index (Phi) is 4.24. The largest absolute Gasteiger partial charge is 0.312 e. The van der Waals surface area contributed by atoms with Crippen molar-refractivity contribution in [2.45, 2.75) is 26.3 Å². The van der Waals surface area contributed by atoms with E-state index in [1.807, 2.05) is 30.8 Å². The van der Waals surface area contributed by atoms with Crippen LogP contribution in [0.15, 0.2) is 18.2 Å². The van der Waals surface area contributed by atoms with Gasteiger partial charge in [0.05, 0.1) is 0 Å². The summed E-state index contributed by atoms with van der Waals surface area (Å²) in [4.78, 5) is 12.2. The fourth-order valence-corrected chi connectivity index (χ4v) is 3.09. The minimum atomic E-state index is 0.270. The van der Waals surface area contributed by atoms with Crippen molar-refractivity contribution in [2.75, 3.05) is 18.1 Å². The number of benzene rings is 1. The van der Waals surface area contributed by atoms with E-state index in [1.54, 1.807) is 0 Å². The van der Waals surface area contributed by atoms with Crippen LogP contribution in [0, 0.1) is 13.8 Å². The number of hydrogen-bond donors (Lipinski definition) is 1. The van der Waals surface area contributed by atoms with Gasteiger partial charge in [-0.15, -0.1) is 0 Å². The topological polar surface area (TPSA) is 29.1 Å². The lowest BCUT2D eigenvalue weighted by Gasteiger charge is -2.22. The van der Waals surface area contributed by atoms with Gasteiger partial charge in [0.1, 0.15) is 0 Å². The molecule has 0 saturated carbocycles. The molecule has 1 N–H and O–H groups in total. The van der Waals surface area contributed by atoms with Crippen LogP contribution in [-0.4, -0.2) is 29.9 Å². The first-order valence-electron chi connectivity index (χ1n) is 6.09. The Hall–Kier alpha value is -0.800. The van der Waals surface area contributed by atoms with Crippen LogP contribution in [0.5, 0.6) is 0 Å². The fraction of sp³-hybridized carbons (Fsp3) is 0.500. The summed E-state index contributed by atoms with van der Waals surface area (Å²) in [5, 5.41) is 3.41. The number of aryl methyl sites for hydroxylation is 1. The molecule has 1 saturated heterocycles. The quantitative estimate of drug-likeness (QED) is 0.835. The average molecular weight is 249 g/mol. The van der Waals surface area contributed by atoms with Gasteiger partial charge in [0.15, 0.2) is 5.78 Å². The molecule has 2 rings (SSSR count). The number of ketones is 1. The van der Waals surface area contributed by atoms with E-state index in [1.165, 1.54) is 5.56 Å². The molecule has 1 aromatic rings. The van der Waals surface area contributed by atoms with E-state index in [2.05, 4.69) is 18.3 Å². The molecule has 1 aromatic carbocycles. The Bertz CT molecular complexity index is 411. The number of carbonyl (C=O) groups excluding carboxylic acids is 1. The molecule has 1 heterocycles. The second-order valence-electron chi connectivity index (χ2n) is 4.60. The van der Waals surface area contributed by atoms with E-state index in [9.17, 15) is 4.79 Å². The molecule has 1 aliphatic rings. The molecular formula is C14H19NOS. The number of hydrogen-bond acceptors (Lipinski definition) is 3. The molecule has 0 aliphatic carbocycles. The first-order valence-corrected chi connectivity index (χ1v) is 7.24. The third-order valence-electron chi connectivity index (χ3n) is 3.34. The van der Waals surface area contributed by atoms with Gasteiger partial charge in [-0.05, 0) is 25.0 Å². The zero-order valence-corrected chi connectivity index (χ0v) is 11.3. The van der Waals surface area contributed by atoms with Gasteiger partial charge in [-0.25, -0.2) is 0 Å². The third kappa shape index (κ3) is 3.11. The molecule has 2 nitrogen and oxygen atoms in total. The maximum Gasteiger partial charge on any atom is 0.164 e. The molecule has 0 amide bonds. The Morgan fingerprint density at radius 1 is 1.47 bits per heavy atom. The van der Waals surface area contributed by atoms with Gasteiger partial charge < -0.3 is 5.32 Å². The van der Waals surface area contributed by atoms with Crippen molar-refractivity contribution in [3.05, 3.63) is 34.9 Å². The van der Waals surface area contributed by atoms with Gasteiger partial charge in [0, 0.05) is 36.1 Å². The van der Waals surface area contributed by atoms with Crippen molar-refractivity contribution in [3.8, 4) is 0 Å². The van der Waals surface area contributed by atoms with Crippen molar-refractivity contribution >= 4 is 17.5 Å². The Morgan fingerprint density at radius 2 is 2.29 bits per heavy atom. The highest BCUT2D eigenvalue weighted by atomic mass is 32.2. The van der Waals surface area contributed by atoms with Gasteiger partial charge in [-0.3, -0.25) is 4.79 Å². The molecule has 17 heavy (non-hydrogen) atoms. The van der Waals surface area contributed by atoms with Gasteiger partial charge in [-0.1, -0.05) is 18.2 Å². The fourth-order valence-electron chi connectivity index (χ4n) is 2.14. The molecule has 1 unspecified atom stereocenters. The maximum absolute atomic E-state index is 12.2. The van der Waals surface area contributed by atoms with Crippen molar-refractivity contribution in [2.24, 2.45) is 0 Å². The summed E-state index contributed by atoms with van der Waals surface area (Å²) >= 11 is 1.93. The van der Waals surface area contributed by atoms with Crippen LogP contribution >= 0.6 is 11.8 Å². The van der Waals surface area contributed by atoms with Crippen LogP contribution < -0.4 is 5.32 Å². The number of nitrogens with one attached hydrogen (secondary N) is 1. The first kappa shape index (κ1) is 12.7. The standard InChI is InChI=1S/C14H19NOS/c1-10-4-3-5-13(11(10)2)14(16)8-12-9-17-7-6-15-12/h3-5,12,15H,6-9H2,1-2H3. The molecule has 1 aliphatic heterocycles. The summed E-state index contributed by atoms with van der Waals surface area (Å²) in [5.74, 6) is 2.48. The molecule has 1 atom stereocenters. The zero-order valence-electron chi connectivity index (χ0n) is 10.5. The van der Waals surface area contributed by atoms with Crippen molar-refractivity contribution in [1.29, 1.82) is 0 Å². The predicted octanol–water partition coefficient (Wildman–Crippen LogP) is 2.58. The summed E-state index contributed by atoms with van der Waals surface area (Å²) in [5.41, 5.74) is 3.21. The number of Topliss-reactive ketones (excluding diaryl/α,β-unsaturated/α-hetero) is 1. The van der Waals surface area contributed by atoms with Gasteiger partial charge >= 0.3 is 0 Å². The molecule has 0 radical (unpaired) electrons. The number of thioether (sulfide) groups is 1. The maximum atomic E-state index is 12.2. The first-order chi connectivity index (χ1) is 8.18. The molecule has 3 heteroatoms. The van der Waals surface area contributed by atoms with Crippen molar-refractivity contribution in [3.63, 3.8) is 0 Å². The molecule has 0 aromatic heterocycles. The van der Waals surface area contributed by atoms with Crippen molar-refractivity contribution in [1.82, 2.24) is 5.32 Å². The summed E-state index contributed by atoms with van der Waals surface area (Å²) in [6.07, 6.45) is 0.622. The smallest absolute Gasteiger partial charge is 0.164 e. The summed E-state index contributed by atoms with van der Waals surface area (Å²) in [6, 6.07) is 6.32. The van der Waals surface area contributed by atoms with E-state index in [-0.39, 0.29) is 5.78 Å². The lowest BCUT2D eigenvalue weighted by Crippen LogP contribution is -2.38. The minimum Gasteiger partial charge on any atom is -0.312 e. The molecular weight excluding hydrogens is 230 g/mol. The molecule has 1 fully saturated rings. The molecule has 0 spiro atoms. The average Bonchev–Trinajstić information content (AvgIpc) is 2.34. The highest BCUT2D eigenvalue weighted by Gasteiger charge is 2.18. The number of rotatable bonds is 3. The zero-order chi connectivity index (χ0) is 12.3. The number of carbonyl (C=O) groups is 1. The summed E-state index contributed by atoms with van der Waals surface area (Å²) in [6.45, 7) is 5.11. The van der Waals surface area contributed by atoms with Crippen molar-refractivity contribution < 1.29 is 4.79 Å². The third-order valence-corrected chi connectivity index (χ3v) is 4.47. The van der Waals surface area contributed by atoms with Crippen LogP contribution in [0.4, 0.5) is 0 Å².